The molecule has 3 aromatic carbocycles. The van der Waals surface area contributed by atoms with Crippen molar-refractivity contribution < 1.29 is 9.59 Å². The van der Waals surface area contributed by atoms with Crippen LogP contribution in [0.3, 0.4) is 0 Å². The zero-order chi connectivity index (χ0) is 24.2. The van der Waals surface area contributed by atoms with Gasteiger partial charge in [0.25, 0.3) is 5.91 Å². The summed E-state index contributed by atoms with van der Waals surface area (Å²) in [6.45, 7) is 0.318. The fourth-order valence-electron chi connectivity index (χ4n) is 3.57. The van der Waals surface area contributed by atoms with E-state index in [1.165, 1.54) is 0 Å². The molecule has 7 nitrogen and oxygen atoms in total. The second-order valence-corrected chi connectivity index (χ2v) is 8.84. The van der Waals surface area contributed by atoms with E-state index in [0.29, 0.717) is 56.0 Å². The number of hydrogen-bond donors (Lipinski definition) is 4. The second-order valence-electron chi connectivity index (χ2n) is 7.59. The predicted octanol–water partition coefficient (Wildman–Crippen LogP) is 5.85. The summed E-state index contributed by atoms with van der Waals surface area (Å²) in [6, 6.07) is 16.9. The number of hydrogen-bond acceptors (Lipinski definition) is 4. The number of carbonyl (C=O) groups is 2. The van der Waals surface area contributed by atoms with Crippen molar-refractivity contribution in [3.8, 4) is 0 Å². The van der Waals surface area contributed by atoms with E-state index in [-0.39, 0.29) is 11.8 Å². The highest BCUT2D eigenvalue weighted by molar-refractivity contribution is 6.42. The molecular formula is C24H20Cl3N5O2. The van der Waals surface area contributed by atoms with Crippen molar-refractivity contribution in [1.29, 1.82) is 0 Å². The van der Waals surface area contributed by atoms with Crippen LogP contribution in [0.2, 0.25) is 15.1 Å². The summed E-state index contributed by atoms with van der Waals surface area (Å²) in [5.41, 5.74) is 8.11. The van der Waals surface area contributed by atoms with Crippen LogP contribution in [0.15, 0.2) is 60.7 Å². The normalized spacial score (nSPS) is 11.9. The van der Waals surface area contributed by atoms with Crippen LogP contribution < -0.4 is 16.4 Å². The number of nitrogens with two attached hydrogens (primary N) is 1. The fraction of sp³-hybridized carbons (Fsp3) is 0.125. The van der Waals surface area contributed by atoms with Gasteiger partial charge in [0.05, 0.1) is 21.5 Å². The summed E-state index contributed by atoms with van der Waals surface area (Å²) < 4.78 is 0. The first-order chi connectivity index (χ1) is 16.4. The number of H-pyrrole nitrogens is 1. The summed E-state index contributed by atoms with van der Waals surface area (Å²) in [7, 11) is 0. The van der Waals surface area contributed by atoms with Crippen molar-refractivity contribution >= 4 is 69.0 Å². The Balaban J connectivity index is 1.56. The van der Waals surface area contributed by atoms with Crippen molar-refractivity contribution in [2.75, 3.05) is 17.2 Å². The third kappa shape index (κ3) is 5.34. The quantitative estimate of drug-likeness (QED) is 0.247. The van der Waals surface area contributed by atoms with E-state index in [1.54, 1.807) is 60.7 Å². The lowest BCUT2D eigenvalue weighted by molar-refractivity contribution is -0.117. The molecule has 0 radical (unpaired) electrons. The number of nitrogens with one attached hydrogen (secondary N) is 3. The molecule has 1 heterocycles. The number of nitrogens with zero attached hydrogens (tertiary/aromatic N) is 1. The molecule has 34 heavy (non-hydrogen) atoms. The lowest BCUT2D eigenvalue weighted by atomic mass is 9.94. The fourth-order valence-corrected chi connectivity index (χ4v) is 4.07. The maximum absolute atomic E-state index is 13.1. The van der Waals surface area contributed by atoms with Gasteiger partial charge in [0, 0.05) is 21.7 Å². The van der Waals surface area contributed by atoms with Gasteiger partial charge in [0.1, 0.15) is 0 Å². The van der Waals surface area contributed by atoms with Crippen LogP contribution in [0.1, 0.15) is 28.3 Å². The monoisotopic (exact) mass is 515 g/mol. The molecule has 0 saturated carbocycles. The Morgan fingerprint density at radius 2 is 1.79 bits per heavy atom. The highest BCUT2D eigenvalue weighted by atomic mass is 35.5. The smallest absolute Gasteiger partial charge is 0.256 e. The van der Waals surface area contributed by atoms with Crippen LogP contribution in [0.4, 0.5) is 11.5 Å². The minimum absolute atomic E-state index is 0.240. The lowest BCUT2D eigenvalue weighted by Gasteiger charge is -2.17. The highest BCUT2D eigenvalue weighted by Gasteiger charge is 2.21. The zero-order valence-electron chi connectivity index (χ0n) is 17.7. The zero-order valence-corrected chi connectivity index (χ0v) is 20.0. The topological polar surface area (TPSA) is 113 Å². The molecule has 4 aromatic rings. The number of anilines is 2. The average Bonchev–Trinajstić information content (AvgIpc) is 3.21. The summed E-state index contributed by atoms with van der Waals surface area (Å²) in [5.74, 6) is -0.773. The van der Waals surface area contributed by atoms with E-state index < -0.39 is 5.92 Å². The molecule has 1 atom stereocenters. The van der Waals surface area contributed by atoms with Gasteiger partial charge in [-0.1, -0.05) is 46.9 Å². The molecule has 2 amide bonds. The predicted molar refractivity (Wildman–Crippen MR) is 137 cm³/mol. The van der Waals surface area contributed by atoms with Gasteiger partial charge >= 0.3 is 0 Å². The Hall–Kier alpha value is -3.10. The first kappa shape index (κ1) is 24.0. The molecular weight excluding hydrogens is 497 g/mol. The molecule has 174 valence electrons. The standard InChI is InChI=1S/C24H20Cl3N5O2/c25-15-3-1-2-14(10-15)23(33)30-22-18-12-16(5-7-21(18)31-32-22)29-24(34)17(8-9-28)13-4-6-19(26)20(27)11-13/h1-7,10-12,17H,8-9,28H2,(H,29,34)(H2,30,31,32,33). The van der Waals surface area contributed by atoms with Gasteiger partial charge in [-0.2, -0.15) is 5.10 Å². The molecule has 0 spiro atoms. The third-order valence-corrected chi connectivity index (χ3v) is 6.24. The molecule has 0 aliphatic rings. The van der Waals surface area contributed by atoms with E-state index in [1.807, 2.05) is 0 Å². The number of rotatable bonds is 7. The number of carbonyl (C=O) groups excluding carboxylic acids is 2. The number of aromatic nitrogens is 2. The number of halogens is 3. The molecule has 5 N–H and O–H groups in total. The summed E-state index contributed by atoms with van der Waals surface area (Å²) in [6.07, 6.45) is 0.429. The van der Waals surface area contributed by atoms with Crippen LogP contribution in [0, 0.1) is 0 Å². The molecule has 0 saturated heterocycles. The Labute approximate surface area is 210 Å². The summed E-state index contributed by atoms with van der Waals surface area (Å²) in [5, 5.41) is 14.6. The molecule has 0 aliphatic carbocycles. The molecule has 0 fully saturated rings. The second kappa shape index (κ2) is 10.4. The van der Waals surface area contributed by atoms with Crippen molar-refractivity contribution in [3.63, 3.8) is 0 Å². The molecule has 0 bridgehead atoms. The van der Waals surface area contributed by atoms with E-state index in [4.69, 9.17) is 40.5 Å². The van der Waals surface area contributed by atoms with E-state index in [0.717, 1.165) is 5.56 Å². The van der Waals surface area contributed by atoms with Crippen molar-refractivity contribution in [2.24, 2.45) is 5.73 Å². The summed E-state index contributed by atoms with van der Waals surface area (Å²) >= 11 is 18.1. The highest BCUT2D eigenvalue weighted by Crippen LogP contribution is 2.30. The van der Waals surface area contributed by atoms with Crippen LogP contribution in [-0.4, -0.2) is 28.6 Å². The van der Waals surface area contributed by atoms with Gasteiger partial charge < -0.3 is 16.4 Å². The molecule has 1 unspecified atom stereocenters. The van der Waals surface area contributed by atoms with Gasteiger partial charge in [-0.25, -0.2) is 0 Å². The van der Waals surface area contributed by atoms with E-state index >= 15 is 0 Å². The number of benzene rings is 3. The van der Waals surface area contributed by atoms with Crippen molar-refractivity contribution in [1.82, 2.24) is 10.2 Å². The van der Waals surface area contributed by atoms with E-state index in [9.17, 15) is 9.59 Å². The van der Waals surface area contributed by atoms with Crippen molar-refractivity contribution in [2.45, 2.75) is 12.3 Å². The third-order valence-electron chi connectivity index (χ3n) is 5.27. The SMILES string of the molecule is NCCC(C(=O)Nc1ccc2[nH]nc(NC(=O)c3cccc(Cl)c3)c2c1)c1ccc(Cl)c(Cl)c1. The Morgan fingerprint density at radius 1 is 0.971 bits per heavy atom. The average molecular weight is 517 g/mol. The van der Waals surface area contributed by atoms with Crippen LogP contribution in [0.25, 0.3) is 10.9 Å². The molecule has 0 aliphatic heterocycles. The van der Waals surface area contributed by atoms with E-state index in [2.05, 4.69) is 20.8 Å². The van der Waals surface area contributed by atoms with Gasteiger partial charge in [-0.3, -0.25) is 14.7 Å². The van der Waals surface area contributed by atoms with Gasteiger partial charge in [-0.05, 0) is 67.1 Å². The minimum Gasteiger partial charge on any atom is -0.330 e. The Bertz CT molecular complexity index is 1370. The Morgan fingerprint density at radius 3 is 2.53 bits per heavy atom. The summed E-state index contributed by atoms with van der Waals surface area (Å²) in [4.78, 5) is 25.7. The van der Waals surface area contributed by atoms with Gasteiger partial charge in [-0.15, -0.1) is 0 Å². The van der Waals surface area contributed by atoms with Gasteiger partial charge in [0.15, 0.2) is 5.82 Å². The minimum atomic E-state index is -0.512. The maximum atomic E-state index is 13.1. The number of fused-ring (bicyclic) bond motifs is 1. The largest absolute Gasteiger partial charge is 0.330 e. The van der Waals surface area contributed by atoms with Crippen molar-refractivity contribution in [3.05, 3.63) is 86.9 Å². The first-order valence-corrected chi connectivity index (χ1v) is 11.5. The molecule has 4 rings (SSSR count). The van der Waals surface area contributed by atoms with Crippen LogP contribution >= 0.6 is 34.8 Å². The lowest BCUT2D eigenvalue weighted by Crippen LogP contribution is -2.23. The Kier molecular flexibility index (Phi) is 7.38. The van der Waals surface area contributed by atoms with Crippen LogP contribution in [0.5, 0.6) is 0 Å². The maximum Gasteiger partial charge on any atom is 0.256 e. The number of amides is 2. The number of aromatic amines is 1. The van der Waals surface area contributed by atoms with Gasteiger partial charge in [0.2, 0.25) is 5.91 Å². The molecule has 1 aromatic heterocycles. The first-order valence-electron chi connectivity index (χ1n) is 10.4. The van der Waals surface area contributed by atoms with Crippen LogP contribution in [-0.2, 0) is 4.79 Å². The molecule has 10 heteroatoms.